The van der Waals surface area contributed by atoms with E-state index in [0.717, 1.165) is 126 Å². The van der Waals surface area contributed by atoms with E-state index in [1.165, 1.54) is 19.3 Å². The van der Waals surface area contributed by atoms with Crippen LogP contribution in [0.15, 0.2) is 0 Å². The molecule has 2 unspecified atom stereocenters. The molecule has 368 valence electrons. The van der Waals surface area contributed by atoms with Crippen molar-refractivity contribution >= 4 is 8.58 Å². The van der Waals surface area contributed by atoms with Crippen molar-refractivity contribution in [3.05, 3.63) is 0 Å². The van der Waals surface area contributed by atoms with Gasteiger partial charge in [0.2, 0.25) is 0 Å². The minimum atomic E-state index is -0.0235. The Morgan fingerprint density at radius 3 is 1.48 bits per heavy atom. The van der Waals surface area contributed by atoms with E-state index >= 15 is 0 Å². The van der Waals surface area contributed by atoms with E-state index in [2.05, 4.69) is 139 Å². The van der Waals surface area contributed by atoms with Crippen molar-refractivity contribution < 1.29 is 0 Å². The number of rotatable bonds is 39. The Kier molecular flexibility index (Phi) is 30.3. The molecule has 0 aromatic rings. The SMILES string of the molecule is CCCCCN(CCN(CCN)CCN)CCC(C)(C)C(C)(C)NCPC(C)(C)N(CCNCCN(CCN)CCN)CCC(C)(C)C(C)(C)N(CCN)CC(C)C(C)(C)C. The van der Waals surface area contributed by atoms with Crippen LogP contribution in [-0.4, -0.2) is 178 Å². The Balaban J connectivity index is 6.04. The largest absolute Gasteiger partial charge is 0.329 e. The third-order valence-electron chi connectivity index (χ3n) is 15.2. The van der Waals surface area contributed by atoms with Crippen molar-refractivity contribution in [2.24, 2.45) is 50.8 Å². The summed E-state index contributed by atoms with van der Waals surface area (Å²) in [6, 6.07) is 0. The van der Waals surface area contributed by atoms with Gasteiger partial charge >= 0.3 is 0 Å². The summed E-state index contributed by atoms with van der Waals surface area (Å²) in [6.45, 7) is 54.7. The molecule has 0 spiro atoms. The molecule has 13 heteroatoms. The predicted octanol–water partition coefficient (Wildman–Crippen LogP) is 5.10. The Hall–Kier alpha value is -0.0500. The Morgan fingerprint density at radius 1 is 0.508 bits per heavy atom. The topological polar surface area (TPSA) is 170 Å². The molecule has 0 aromatic heterocycles. The quantitative estimate of drug-likeness (QED) is 0.0323. The number of nitrogens with zero attached hydrogens (tertiary/aromatic N) is 5. The highest BCUT2D eigenvalue weighted by Crippen LogP contribution is 2.43. The fourth-order valence-corrected chi connectivity index (χ4v) is 9.35. The van der Waals surface area contributed by atoms with E-state index in [4.69, 9.17) is 28.7 Å². The van der Waals surface area contributed by atoms with Gasteiger partial charge in [-0.2, -0.15) is 0 Å². The van der Waals surface area contributed by atoms with E-state index in [-0.39, 0.29) is 32.6 Å². The summed E-state index contributed by atoms with van der Waals surface area (Å²) in [5.74, 6) is 0.563. The highest BCUT2D eigenvalue weighted by atomic mass is 31.1. The van der Waals surface area contributed by atoms with E-state index < -0.39 is 0 Å². The molecule has 0 aliphatic carbocycles. The first-order valence-corrected chi connectivity index (χ1v) is 25.9. The van der Waals surface area contributed by atoms with Gasteiger partial charge in [0, 0.05) is 134 Å². The summed E-state index contributed by atoms with van der Waals surface area (Å²) in [7, 11) is 0.746. The van der Waals surface area contributed by atoms with Crippen LogP contribution < -0.4 is 39.3 Å². The van der Waals surface area contributed by atoms with Crippen molar-refractivity contribution in [2.75, 3.05) is 137 Å². The molecule has 0 fully saturated rings. The van der Waals surface area contributed by atoms with Crippen LogP contribution in [0.5, 0.6) is 0 Å². The molecule has 61 heavy (non-hydrogen) atoms. The smallest absolute Gasteiger partial charge is 0.0335 e. The van der Waals surface area contributed by atoms with Crippen LogP contribution in [0.2, 0.25) is 0 Å². The summed E-state index contributed by atoms with van der Waals surface area (Å²) in [6.07, 6.45) is 7.04. The second-order valence-electron chi connectivity index (χ2n) is 22.2. The third kappa shape index (κ3) is 23.3. The van der Waals surface area contributed by atoms with Gasteiger partial charge in [-0.05, 0) is 103 Å². The molecule has 0 aliphatic rings. The number of hydrogen-bond donors (Lipinski definition) is 7. The van der Waals surface area contributed by atoms with Crippen molar-refractivity contribution in [1.82, 2.24) is 35.1 Å². The van der Waals surface area contributed by atoms with Gasteiger partial charge in [0.15, 0.2) is 0 Å². The fraction of sp³-hybridized carbons (Fsp3) is 1.00. The van der Waals surface area contributed by atoms with Gasteiger partial charge in [-0.25, -0.2) is 0 Å². The Bertz CT molecular complexity index is 1070. The van der Waals surface area contributed by atoms with Gasteiger partial charge in [-0.1, -0.05) is 83.7 Å². The highest BCUT2D eigenvalue weighted by molar-refractivity contribution is 7.39. The number of hydrogen-bond acceptors (Lipinski definition) is 12. The molecule has 0 rings (SSSR count). The first-order chi connectivity index (χ1) is 28.3. The lowest BCUT2D eigenvalue weighted by atomic mass is 9.70. The normalized spacial score (nSPS) is 14.7. The van der Waals surface area contributed by atoms with Gasteiger partial charge in [0.25, 0.3) is 0 Å². The lowest BCUT2D eigenvalue weighted by Gasteiger charge is -2.52. The molecular weight excluding hydrogens is 776 g/mol. The molecule has 12 nitrogen and oxygen atoms in total. The van der Waals surface area contributed by atoms with Crippen LogP contribution in [0.1, 0.15) is 136 Å². The van der Waals surface area contributed by atoms with Gasteiger partial charge in [0.05, 0.1) is 0 Å². The molecule has 0 saturated heterocycles. The van der Waals surface area contributed by atoms with E-state index in [1.54, 1.807) is 0 Å². The second kappa shape index (κ2) is 30.3. The maximum absolute atomic E-state index is 6.27. The summed E-state index contributed by atoms with van der Waals surface area (Å²) >= 11 is 0. The van der Waals surface area contributed by atoms with Crippen LogP contribution in [0.3, 0.4) is 0 Å². The molecule has 0 amide bonds. The number of nitrogens with two attached hydrogens (primary N) is 5. The van der Waals surface area contributed by atoms with Crippen molar-refractivity contribution in [1.29, 1.82) is 0 Å². The van der Waals surface area contributed by atoms with Crippen LogP contribution in [0.25, 0.3) is 0 Å². The third-order valence-corrected chi connectivity index (χ3v) is 16.7. The fourth-order valence-electron chi connectivity index (χ4n) is 7.94. The Morgan fingerprint density at radius 2 is 0.984 bits per heavy atom. The maximum atomic E-state index is 6.27. The van der Waals surface area contributed by atoms with Crippen LogP contribution in [0.4, 0.5) is 0 Å². The summed E-state index contributed by atoms with van der Waals surface area (Å²) in [5, 5.41) is 7.93. The van der Waals surface area contributed by atoms with Crippen LogP contribution in [0, 0.1) is 22.2 Å². The zero-order valence-electron chi connectivity index (χ0n) is 43.6. The molecule has 12 N–H and O–H groups in total. The average molecular weight is 887 g/mol. The van der Waals surface area contributed by atoms with Crippen molar-refractivity contribution in [2.45, 2.75) is 152 Å². The van der Waals surface area contributed by atoms with Gasteiger partial charge < -0.3 is 44.2 Å². The summed E-state index contributed by atoms with van der Waals surface area (Å²) in [4.78, 5) is 13.0. The minimum Gasteiger partial charge on any atom is -0.329 e. The van der Waals surface area contributed by atoms with Crippen molar-refractivity contribution in [3.63, 3.8) is 0 Å². The van der Waals surface area contributed by atoms with Gasteiger partial charge in [-0.15, -0.1) is 0 Å². The highest BCUT2D eigenvalue weighted by Gasteiger charge is 2.43. The number of unbranched alkanes of at least 4 members (excludes halogenated alkanes) is 2. The van der Waals surface area contributed by atoms with Gasteiger partial charge in [0.1, 0.15) is 0 Å². The zero-order chi connectivity index (χ0) is 47.0. The Labute approximate surface area is 382 Å². The summed E-state index contributed by atoms with van der Waals surface area (Å²) < 4.78 is 0. The van der Waals surface area contributed by atoms with Crippen LogP contribution in [-0.2, 0) is 0 Å². The first kappa shape index (κ1) is 60.9. The molecule has 0 saturated carbocycles. The van der Waals surface area contributed by atoms with Gasteiger partial charge in [-0.3, -0.25) is 19.6 Å². The van der Waals surface area contributed by atoms with Crippen molar-refractivity contribution in [3.8, 4) is 0 Å². The monoisotopic (exact) mass is 887 g/mol. The maximum Gasteiger partial charge on any atom is 0.0335 e. The zero-order valence-corrected chi connectivity index (χ0v) is 44.6. The lowest BCUT2D eigenvalue weighted by Crippen LogP contribution is -2.58. The molecule has 0 heterocycles. The average Bonchev–Trinajstić information content (AvgIpc) is 3.15. The summed E-state index contributed by atoms with van der Waals surface area (Å²) in [5.41, 5.74) is 30.3. The molecule has 2 atom stereocenters. The predicted molar refractivity (Wildman–Crippen MR) is 274 cm³/mol. The lowest BCUT2D eigenvalue weighted by molar-refractivity contribution is -0.0184. The van der Waals surface area contributed by atoms with Crippen LogP contribution >= 0.6 is 8.58 Å². The van der Waals surface area contributed by atoms with E-state index in [9.17, 15) is 0 Å². The molecule has 0 radical (unpaired) electrons. The minimum absolute atomic E-state index is 0.0191. The molecule has 0 aliphatic heterocycles. The number of nitrogens with one attached hydrogen (secondary N) is 2. The molecular formula is C48H111N12P. The molecule has 0 aromatic carbocycles. The first-order valence-electron chi connectivity index (χ1n) is 24.7. The standard InChI is InChI=1S/C48H111N12P/c1-16-17-18-28-56(38-39-58(33-23-51)34-24-52)29-19-44(6,7)46(10,11)55-41-61-48(14,15)59(37-27-54-26-36-57(31-21-49)32-22-50)30-20-45(8,9)47(12,13)60(35-25-53)40-42(2)43(3,4)5/h42,54-55,61H,16-41,49-53H2,1-15H3. The van der Waals surface area contributed by atoms with E-state index in [0.29, 0.717) is 38.6 Å². The van der Waals surface area contributed by atoms with E-state index in [1.807, 2.05) is 0 Å². The molecule has 0 bridgehead atoms. The second-order valence-corrected chi connectivity index (χ2v) is 24.1.